The fourth-order valence-electron chi connectivity index (χ4n) is 3.63. The Labute approximate surface area is 157 Å². The number of aromatic nitrogens is 2. The molecule has 136 valence electrons. The van der Waals surface area contributed by atoms with Gasteiger partial charge in [0.15, 0.2) is 5.82 Å². The molecule has 1 fully saturated rings. The molecule has 2 aliphatic rings. The van der Waals surface area contributed by atoms with Crippen molar-refractivity contribution >= 4 is 29.0 Å². The van der Waals surface area contributed by atoms with Crippen molar-refractivity contribution in [2.45, 2.75) is 51.0 Å². The number of benzene rings is 1. The number of hydrogen-bond donors (Lipinski definition) is 1. The zero-order valence-electron chi connectivity index (χ0n) is 14.6. The third-order valence-corrected chi connectivity index (χ3v) is 5.24. The maximum Gasteiger partial charge on any atom is 0.247 e. The van der Waals surface area contributed by atoms with Gasteiger partial charge in [0.1, 0.15) is 11.7 Å². The Bertz CT molecular complexity index is 795. The molecule has 1 saturated carbocycles. The molecule has 2 aromatic rings. The van der Waals surface area contributed by atoms with Crippen LogP contribution in [0.3, 0.4) is 0 Å². The molecule has 1 N–H and O–H groups in total. The van der Waals surface area contributed by atoms with E-state index in [0.29, 0.717) is 24.5 Å². The minimum Gasteiger partial charge on any atom is -0.373 e. The molecule has 0 saturated heterocycles. The Balaban J connectivity index is 1.45. The number of nitrogens with one attached hydrogen (secondary N) is 1. The molecule has 1 aromatic heterocycles. The molecule has 1 aliphatic carbocycles. The highest BCUT2D eigenvalue weighted by atomic mass is 35.5. The Morgan fingerprint density at radius 3 is 2.81 bits per heavy atom. The lowest BCUT2D eigenvalue weighted by Crippen LogP contribution is -2.58. The number of amides is 1. The Kier molecular flexibility index (Phi) is 4.78. The van der Waals surface area contributed by atoms with Crippen molar-refractivity contribution in [3.63, 3.8) is 0 Å². The molecule has 26 heavy (non-hydrogen) atoms. The highest BCUT2D eigenvalue weighted by Gasteiger charge is 2.43. The van der Waals surface area contributed by atoms with Crippen molar-refractivity contribution in [2.24, 2.45) is 0 Å². The van der Waals surface area contributed by atoms with Crippen molar-refractivity contribution in [1.29, 1.82) is 0 Å². The summed E-state index contributed by atoms with van der Waals surface area (Å²) in [7, 11) is 0. The van der Waals surface area contributed by atoms with E-state index in [2.05, 4.69) is 32.3 Å². The molecule has 2 heterocycles. The van der Waals surface area contributed by atoms with Gasteiger partial charge in [-0.3, -0.25) is 4.79 Å². The van der Waals surface area contributed by atoms with Crippen LogP contribution in [-0.2, 0) is 16.1 Å². The van der Waals surface area contributed by atoms with Crippen LogP contribution in [-0.4, -0.2) is 34.1 Å². The third-order valence-electron chi connectivity index (χ3n) is 5.06. The lowest BCUT2D eigenvalue weighted by atomic mass is 9.85. The fraction of sp³-hybridized carbons (Fsp3) is 0.421. The molecule has 1 aliphatic heterocycles. The van der Waals surface area contributed by atoms with Crippen LogP contribution >= 0.6 is 11.6 Å². The van der Waals surface area contributed by atoms with Gasteiger partial charge in [-0.1, -0.05) is 37.3 Å². The van der Waals surface area contributed by atoms with Crippen LogP contribution in [0, 0.1) is 0 Å². The van der Waals surface area contributed by atoms with Crippen molar-refractivity contribution in [1.82, 2.24) is 9.97 Å². The van der Waals surface area contributed by atoms with E-state index < -0.39 is 0 Å². The third kappa shape index (κ3) is 3.27. The van der Waals surface area contributed by atoms with E-state index in [0.717, 1.165) is 12.8 Å². The molecular formula is C19H21ClN4O2. The van der Waals surface area contributed by atoms with E-state index in [-0.39, 0.29) is 29.4 Å². The van der Waals surface area contributed by atoms with Gasteiger partial charge >= 0.3 is 0 Å². The van der Waals surface area contributed by atoms with Gasteiger partial charge in [0.05, 0.1) is 18.9 Å². The topological polar surface area (TPSA) is 67.4 Å². The summed E-state index contributed by atoms with van der Waals surface area (Å²) in [6.45, 7) is 2.62. The Hall–Kier alpha value is -2.18. The van der Waals surface area contributed by atoms with Gasteiger partial charge in [-0.15, -0.1) is 0 Å². The van der Waals surface area contributed by atoms with Crippen LogP contribution < -0.4 is 10.2 Å². The number of fused-ring (bicyclic) bond motifs is 1. The normalized spacial score (nSPS) is 24.6. The molecule has 0 radical (unpaired) electrons. The smallest absolute Gasteiger partial charge is 0.247 e. The lowest BCUT2D eigenvalue weighted by molar-refractivity contribution is -0.118. The summed E-state index contributed by atoms with van der Waals surface area (Å²) in [5, 5.41) is 3.07. The molecule has 4 rings (SSSR count). The van der Waals surface area contributed by atoms with Gasteiger partial charge < -0.3 is 15.0 Å². The first-order valence-corrected chi connectivity index (χ1v) is 9.30. The van der Waals surface area contributed by atoms with E-state index in [1.165, 1.54) is 5.56 Å². The van der Waals surface area contributed by atoms with Gasteiger partial charge in [0.2, 0.25) is 11.2 Å². The molecule has 1 amide bonds. The molecule has 0 bridgehead atoms. The van der Waals surface area contributed by atoms with Crippen molar-refractivity contribution in [3.8, 4) is 0 Å². The summed E-state index contributed by atoms with van der Waals surface area (Å²) in [5.41, 5.74) is 1.79. The van der Waals surface area contributed by atoms with E-state index in [9.17, 15) is 4.79 Å². The van der Waals surface area contributed by atoms with E-state index >= 15 is 0 Å². The monoisotopic (exact) mass is 372 g/mol. The SMILES string of the molecule is CCC1C(=O)Nc2cnc(Cl)nc2N1C1CC(OCc2ccccc2)C1. The summed E-state index contributed by atoms with van der Waals surface area (Å²) < 4.78 is 6.01. The predicted octanol–water partition coefficient (Wildman–Crippen LogP) is 3.41. The van der Waals surface area contributed by atoms with Gasteiger partial charge in [-0.25, -0.2) is 4.98 Å². The Morgan fingerprint density at radius 2 is 2.08 bits per heavy atom. The largest absolute Gasteiger partial charge is 0.373 e. The van der Waals surface area contributed by atoms with Crippen LogP contribution in [0.5, 0.6) is 0 Å². The molecule has 6 nitrogen and oxygen atoms in total. The Morgan fingerprint density at radius 1 is 1.31 bits per heavy atom. The van der Waals surface area contributed by atoms with Crippen molar-refractivity contribution < 1.29 is 9.53 Å². The van der Waals surface area contributed by atoms with E-state index in [1.54, 1.807) is 6.20 Å². The summed E-state index contributed by atoms with van der Waals surface area (Å²) in [6.07, 6.45) is 4.22. The first-order valence-electron chi connectivity index (χ1n) is 8.93. The van der Waals surface area contributed by atoms with E-state index in [1.807, 2.05) is 25.1 Å². The number of carbonyl (C=O) groups is 1. The molecule has 1 unspecified atom stereocenters. The number of carbonyl (C=O) groups excluding carboxylic acids is 1. The second-order valence-electron chi connectivity index (χ2n) is 6.74. The first kappa shape index (κ1) is 17.2. The van der Waals surface area contributed by atoms with Gasteiger partial charge in [-0.05, 0) is 36.4 Å². The number of nitrogens with zero attached hydrogens (tertiary/aromatic N) is 3. The second kappa shape index (κ2) is 7.21. The summed E-state index contributed by atoms with van der Waals surface area (Å²) in [5.74, 6) is 0.697. The number of hydrogen-bond acceptors (Lipinski definition) is 5. The minimum absolute atomic E-state index is 0.0143. The predicted molar refractivity (Wildman–Crippen MR) is 100 cm³/mol. The highest BCUT2D eigenvalue weighted by Crippen LogP contribution is 2.39. The van der Waals surface area contributed by atoms with Gasteiger partial charge in [0.25, 0.3) is 0 Å². The molecular weight excluding hydrogens is 352 g/mol. The van der Waals surface area contributed by atoms with Crippen LogP contribution in [0.2, 0.25) is 5.28 Å². The zero-order valence-corrected chi connectivity index (χ0v) is 15.3. The number of ether oxygens (including phenoxy) is 1. The van der Waals surface area contributed by atoms with Crippen molar-refractivity contribution in [2.75, 3.05) is 10.2 Å². The van der Waals surface area contributed by atoms with E-state index in [4.69, 9.17) is 16.3 Å². The quantitative estimate of drug-likeness (QED) is 0.814. The van der Waals surface area contributed by atoms with Crippen LogP contribution in [0.25, 0.3) is 0 Å². The lowest BCUT2D eigenvalue weighted by Gasteiger charge is -2.48. The summed E-state index contributed by atoms with van der Waals surface area (Å²) in [6, 6.07) is 10.1. The maximum absolute atomic E-state index is 12.4. The van der Waals surface area contributed by atoms with Gasteiger partial charge in [0, 0.05) is 6.04 Å². The molecule has 1 aromatic carbocycles. The number of rotatable bonds is 5. The highest BCUT2D eigenvalue weighted by molar-refractivity contribution is 6.28. The fourth-order valence-corrected chi connectivity index (χ4v) is 3.75. The van der Waals surface area contributed by atoms with Gasteiger partial charge in [-0.2, -0.15) is 4.98 Å². The standard InChI is InChI=1S/C19H21ClN4O2/c1-2-16-18(25)22-15-10-21-19(20)23-17(15)24(16)13-8-14(9-13)26-11-12-6-4-3-5-7-12/h3-7,10,13-14,16H,2,8-9,11H2,1H3,(H,22,25). The van der Waals surface area contributed by atoms with Crippen molar-refractivity contribution in [3.05, 3.63) is 47.4 Å². The molecule has 0 spiro atoms. The van der Waals surface area contributed by atoms with Crippen LogP contribution in [0.4, 0.5) is 11.5 Å². The number of halogens is 1. The summed E-state index contributed by atoms with van der Waals surface area (Å²) >= 11 is 6.00. The van der Waals surface area contributed by atoms with Crippen LogP contribution in [0.15, 0.2) is 36.5 Å². The molecule has 1 atom stereocenters. The summed E-state index contributed by atoms with van der Waals surface area (Å²) in [4.78, 5) is 22.9. The minimum atomic E-state index is -0.242. The number of anilines is 2. The second-order valence-corrected chi connectivity index (χ2v) is 7.08. The molecule has 7 heteroatoms. The first-order chi connectivity index (χ1) is 12.7. The average molecular weight is 373 g/mol. The van der Waals surface area contributed by atoms with Crippen LogP contribution in [0.1, 0.15) is 31.7 Å². The zero-order chi connectivity index (χ0) is 18.1. The average Bonchev–Trinajstić information content (AvgIpc) is 2.61. The maximum atomic E-state index is 12.4.